The number of thioether (sulfide) groups is 1. The Labute approximate surface area is 175 Å². The lowest BCUT2D eigenvalue weighted by Crippen LogP contribution is -2.30. The summed E-state index contributed by atoms with van der Waals surface area (Å²) in [7, 11) is -2.05. The molecule has 11 heteroatoms. The third-order valence-corrected chi connectivity index (χ3v) is 7.25. The number of aromatic nitrogens is 3. The average molecular weight is 443 g/mol. The summed E-state index contributed by atoms with van der Waals surface area (Å²) < 4.78 is 34.1. The van der Waals surface area contributed by atoms with Crippen molar-refractivity contribution in [1.29, 1.82) is 0 Å². The summed E-state index contributed by atoms with van der Waals surface area (Å²) in [5.74, 6) is -0.661. The molecule has 0 saturated carbocycles. The van der Waals surface area contributed by atoms with Gasteiger partial charge in [-0.2, -0.15) is 4.31 Å². The number of carboxylic acid groups (broad SMARTS) is 1. The van der Waals surface area contributed by atoms with Gasteiger partial charge in [-0.1, -0.05) is 37.7 Å². The molecule has 0 aliphatic heterocycles. The number of carboxylic acids is 1. The van der Waals surface area contributed by atoms with Crippen molar-refractivity contribution in [3.8, 4) is 11.4 Å². The molecule has 1 atom stereocenters. The Balaban J connectivity index is 2.53. The molecule has 2 rings (SSSR count). The van der Waals surface area contributed by atoms with Gasteiger partial charge in [0.15, 0.2) is 11.0 Å². The van der Waals surface area contributed by atoms with Crippen LogP contribution in [0.5, 0.6) is 0 Å². The molecule has 1 heterocycles. The van der Waals surface area contributed by atoms with Crippen LogP contribution in [0, 0.1) is 0 Å². The molecule has 0 radical (unpaired) electrons. The molecule has 0 aliphatic rings. The van der Waals surface area contributed by atoms with Gasteiger partial charge in [0.2, 0.25) is 10.0 Å². The highest BCUT2D eigenvalue weighted by Gasteiger charge is 2.24. The van der Waals surface area contributed by atoms with Crippen molar-refractivity contribution in [3.05, 3.63) is 24.3 Å². The molecule has 1 aromatic carbocycles. The van der Waals surface area contributed by atoms with Crippen molar-refractivity contribution < 1.29 is 23.1 Å². The minimum absolute atomic E-state index is 0.159. The lowest BCUT2D eigenvalue weighted by Gasteiger charge is -2.19. The second kappa shape index (κ2) is 10.2. The van der Waals surface area contributed by atoms with Gasteiger partial charge in [0, 0.05) is 25.8 Å². The normalized spacial score (nSPS) is 13.0. The molecule has 2 aromatic rings. The van der Waals surface area contributed by atoms with Gasteiger partial charge < -0.3 is 9.84 Å². The number of benzene rings is 1. The molecule has 1 N–H and O–H groups in total. The summed E-state index contributed by atoms with van der Waals surface area (Å²) in [5, 5.41) is 17.8. The van der Waals surface area contributed by atoms with Crippen molar-refractivity contribution in [2.75, 3.05) is 32.6 Å². The number of carbonyl (C=O) groups is 1. The first-order chi connectivity index (χ1) is 13.8. The minimum atomic E-state index is -3.62. The maximum atomic E-state index is 12.9. The molecule has 0 saturated heterocycles. The first-order valence-electron chi connectivity index (χ1n) is 9.15. The number of sulfonamides is 1. The molecule has 0 fully saturated rings. The number of nitrogens with zero attached hydrogens (tertiary/aromatic N) is 4. The second-order valence-electron chi connectivity index (χ2n) is 6.28. The lowest BCUT2D eigenvalue weighted by atomic mass is 10.2. The van der Waals surface area contributed by atoms with Crippen LogP contribution in [-0.2, 0) is 19.6 Å². The zero-order valence-corrected chi connectivity index (χ0v) is 18.5. The SMILES string of the molecule is CCN(CC)S(=O)(=O)c1cccc(-c2nnc(SCC(=O)O)n2C(C)COC)c1. The average Bonchev–Trinajstić information content (AvgIpc) is 3.11. The zero-order chi connectivity index (χ0) is 21.6. The Morgan fingerprint density at radius 2 is 2.00 bits per heavy atom. The van der Waals surface area contributed by atoms with Gasteiger partial charge in [-0.15, -0.1) is 10.2 Å². The van der Waals surface area contributed by atoms with Crippen LogP contribution in [0.2, 0.25) is 0 Å². The number of methoxy groups -OCH3 is 1. The Hall–Kier alpha value is -1.95. The molecule has 29 heavy (non-hydrogen) atoms. The molecule has 160 valence electrons. The molecule has 0 spiro atoms. The summed E-state index contributed by atoms with van der Waals surface area (Å²) >= 11 is 1.05. The largest absolute Gasteiger partial charge is 0.481 e. The summed E-state index contributed by atoms with van der Waals surface area (Å²) in [6, 6.07) is 6.36. The smallest absolute Gasteiger partial charge is 0.313 e. The van der Waals surface area contributed by atoms with Crippen molar-refractivity contribution >= 4 is 27.8 Å². The molecular weight excluding hydrogens is 416 g/mol. The molecular formula is C18H26N4O5S2. The number of rotatable bonds is 11. The van der Waals surface area contributed by atoms with Gasteiger partial charge >= 0.3 is 5.97 Å². The first kappa shape index (κ1) is 23.3. The molecule has 9 nitrogen and oxygen atoms in total. The van der Waals surface area contributed by atoms with Crippen molar-refractivity contribution in [3.63, 3.8) is 0 Å². The van der Waals surface area contributed by atoms with Crippen LogP contribution < -0.4 is 0 Å². The maximum absolute atomic E-state index is 12.9. The summed E-state index contributed by atoms with van der Waals surface area (Å²) in [6.45, 7) is 6.60. The number of ether oxygens (including phenoxy) is 1. The summed E-state index contributed by atoms with van der Waals surface area (Å²) in [4.78, 5) is 11.1. The number of hydrogen-bond donors (Lipinski definition) is 1. The van der Waals surface area contributed by atoms with Crippen LogP contribution in [-0.4, -0.2) is 71.1 Å². The third kappa shape index (κ3) is 5.35. The number of hydrogen-bond acceptors (Lipinski definition) is 7. The first-order valence-corrected chi connectivity index (χ1v) is 11.6. The highest BCUT2D eigenvalue weighted by molar-refractivity contribution is 7.99. The fourth-order valence-corrected chi connectivity index (χ4v) is 5.18. The van der Waals surface area contributed by atoms with Crippen LogP contribution in [0.4, 0.5) is 0 Å². The van der Waals surface area contributed by atoms with E-state index in [1.165, 1.54) is 4.31 Å². The fraction of sp³-hybridized carbons (Fsp3) is 0.500. The topological polar surface area (TPSA) is 115 Å². The Morgan fingerprint density at radius 1 is 1.31 bits per heavy atom. The Morgan fingerprint density at radius 3 is 2.59 bits per heavy atom. The fourth-order valence-electron chi connectivity index (χ4n) is 2.92. The molecule has 0 bridgehead atoms. The van der Waals surface area contributed by atoms with E-state index >= 15 is 0 Å². The standard InChI is InChI=1S/C18H26N4O5S2/c1-5-21(6-2)29(25,26)15-9-7-8-14(10-15)17-19-20-18(28-12-16(23)24)22(17)13(3)11-27-4/h7-10,13H,5-6,11-12H2,1-4H3,(H,23,24). The van der Waals surface area contributed by atoms with Crippen LogP contribution in [0.1, 0.15) is 26.8 Å². The van der Waals surface area contributed by atoms with Crippen LogP contribution in [0.15, 0.2) is 34.3 Å². The van der Waals surface area contributed by atoms with Gasteiger partial charge in [0.25, 0.3) is 0 Å². The molecule has 0 amide bonds. The van der Waals surface area contributed by atoms with Crippen molar-refractivity contribution in [2.24, 2.45) is 0 Å². The van der Waals surface area contributed by atoms with Gasteiger partial charge in [-0.05, 0) is 19.1 Å². The zero-order valence-electron chi connectivity index (χ0n) is 16.9. The summed E-state index contributed by atoms with van der Waals surface area (Å²) in [6.07, 6.45) is 0. The Kier molecular flexibility index (Phi) is 8.20. The predicted molar refractivity (Wildman–Crippen MR) is 111 cm³/mol. The number of aliphatic carboxylic acids is 1. The van der Waals surface area contributed by atoms with Gasteiger partial charge in [-0.25, -0.2) is 8.42 Å². The minimum Gasteiger partial charge on any atom is -0.481 e. The van der Waals surface area contributed by atoms with Gasteiger partial charge in [-0.3, -0.25) is 9.36 Å². The van der Waals surface area contributed by atoms with E-state index in [4.69, 9.17) is 9.84 Å². The van der Waals surface area contributed by atoms with E-state index in [0.717, 1.165) is 11.8 Å². The van der Waals surface area contributed by atoms with E-state index in [9.17, 15) is 13.2 Å². The quantitative estimate of drug-likeness (QED) is 0.528. The monoisotopic (exact) mass is 442 g/mol. The van der Waals surface area contributed by atoms with Crippen LogP contribution in [0.3, 0.4) is 0 Å². The molecule has 0 aliphatic carbocycles. The lowest BCUT2D eigenvalue weighted by molar-refractivity contribution is -0.133. The predicted octanol–water partition coefficient (Wildman–Crippen LogP) is 2.36. The maximum Gasteiger partial charge on any atom is 0.313 e. The van der Waals surface area contributed by atoms with E-state index < -0.39 is 16.0 Å². The van der Waals surface area contributed by atoms with E-state index in [2.05, 4.69) is 10.2 Å². The van der Waals surface area contributed by atoms with E-state index in [1.54, 1.807) is 49.8 Å². The second-order valence-corrected chi connectivity index (χ2v) is 9.16. The third-order valence-electron chi connectivity index (χ3n) is 4.27. The summed E-state index contributed by atoms with van der Waals surface area (Å²) in [5.41, 5.74) is 0.579. The highest BCUT2D eigenvalue weighted by atomic mass is 32.2. The van der Waals surface area contributed by atoms with Crippen LogP contribution >= 0.6 is 11.8 Å². The van der Waals surface area contributed by atoms with Gasteiger partial charge in [0.1, 0.15) is 0 Å². The molecule has 1 unspecified atom stereocenters. The van der Waals surface area contributed by atoms with Crippen molar-refractivity contribution in [2.45, 2.75) is 36.9 Å². The molecule has 1 aromatic heterocycles. The highest BCUT2D eigenvalue weighted by Crippen LogP contribution is 2.29. The van der Waals surface area contributed by atoms with Gasteiger partial charge in [0.05, 0.1) is 23.3 Å². The van der Waals surface area contributed by atoms with Crippen molar-refractivity contribution in [1.82, 2.24) is 19.1 Å². The van der Waals surface area contributed by atoms with Crippen LogP contribution in [0.25, 0.3) is 11.4 Å². The van der Waals surface area contributed by atoms with E-state index in [0.29, 0.717) is 36.2 Å². The Bertz CT molecular complexity index is 941. The van der Waals surface area contributed by atoms with E-state index in [1.807, 2.05) is 6.92 Å². The van der Waals surface area contributed by atoms with E-state index in [-0.39, 0.29) is 16.7 Å².